The van der Waals surface area contributed by atoms with Crippen molar-refractivity contribution in [2.75, 3.05) is 24.7 Å². The first-order valence-corrected chi connectivity index (χ1v) is 15.5. The standard InChI is InChI=1S/C33H40FN5O4/c1-5-41-28-35-15-23(16-36-28)22-7-6-8-24(13-22)39(25(40)14-30-17-32(34,18-30)19-30)20-33-11-9-31(10-12-33,21-42-33)27-37-26(38-43-27)29(2,3)4/h6-8,13,15-16H,5,9-12,14,17-21H2,1-4H3. The lowest BCUT2D eigenvalue weighted by molar-refractivity contribution is -0.215. The smallest absolute Gasteiger partial charge is 0.316 e. The third-order valence-electron chi connectivity index (χ3n) is 10.1. The van der Waals surface area contributed by atoms with Gasteiger partial charge in [0.05, 0.1) is 30.8 Å². The van der Waals surface area contributed by atoms with Gasteiger partial charge in [0.1, 0.15) is 5.67 Å². The Kier molecular flexibility index (Phi) is 6.47. The average Bonchev–Trinajstić information content (AvgIpc) is 3.49. The Morgan fingerprint density at radius 1 is 1.07 bits per heavy atom. The highest BCUT2D eigenvalue weighted by Gasteiger charge is 2.69. The number of halogens is 1. The molecule has 0 spiro atoms. The molecule has 0 radical (unpaired) electrons. The molecule has 2 aromatic heterocycles. The number of amides is 1. The molecule has 6 fully saturated rings. The number of fused-ring (bicyclic) bond motifs is 3. The molecule has 2 aliphatic heterocycles. The summed E-state index contributed by atoms with van der Waals surface area (Å²) in [7, 11) is 0. The monoisotopic (exact) mass is 589 g/mol. The van der Waals surface area contributed by atoms with Gasteiger partial charge < -0.3 is 18.9 Å². The van der Waals surface area contributed by atoms with Crippen molar-refractivity contribution in [1.29, 1.82) is 0 Å². The fourth-order valence-corrected chi connectivity index (χ4v) is 7.59. The Morgan fingerprint density at radius 3 is 2.37 bits per heavy atom. The summed E-state index contributed by atoms with van der Waals surface area (Å²) >= 11 is 0. The third kappa shape index (κ3) is 5.01. The Morgan fingerprint density at radius 2 is 1.79 bits per heavy atom. The summed E-state index contributed by atoms with van der Waals surface area (Å²) in [4.78, 5) is 29.3. The van der Waals surface area contributed by atoms with Gasteiger partial charge in [0.2, 0.25) is 11.8 Å². The van der Waals surface area contributed by atoms with Crippen molar-refractivity contribution in [2.24, 2.45) is 5.41 Å². The maximum absolute atomic E-state index is 14.4. The van der Waals surface area contributed by atoms with Crippen LogP contribution < -0.4 is 9.64 Å². The van der Waals surface area contributed by atoms with E-state index in [0.29, 0.717) is 63.2 Å². The fourth-order valence-electron chi connectivity index (χ4n) is 7.59. The van der Waals surface area contributed by atoms with Gasteiger partial charge in [-0.15, -0.1) is 0 Å². The van der Waals surface area contributed by atoms with Gasteiger partial charge in [0, 0.05) is 35.5 Å². The molecule has 10 heteroatoms. The molecular weight excluding hydrogens is 549 g/mol. The molecule has 9 rings (SSSR count). The van der Waals surface area contributed by atoms with Crippen molar-refractivity contribution in [2.45, 2.75) is 101 Å². The van der Waals surface area contributed by atoms with Crippen LogP contribution >= 0.6 is 0 Å². The molecule has 1 amide bonds. The summed E-state index contributed by atoms with van der Waals surface area (Å²) in [6.07, 6.45) is 8.60. The summed E-state index contributed by atoms with van der Waals surface area (Å²) in [5, 5.41) is 4.27. The predicted octanol–water partition coefficient (Wildman–Crippen LogP) is 6.12. The minimum Gasteiger partial charge on any atom is -0.464 e. The Balaban J connectivity index is 1.13. The second-order valence-corrected chi connectivity index (χ2v) is 14.5. The maximum atomic E-state index is 14.4. The number of hydrogen-bond acceptors (Lipinski definition) is 8. The molecule has 0 N–H and O–H groups in total. The van der Waals surface area contributed by atoms with Gasteiger partial charge in [-0.25, -0.2) is 14.4 Å². The number of ether oxygens (including phenoxy) is 2. The van der Waals surface area contributed by atoms with Crippen LogP contribution in [-0.2, 0) is 20.4 Å². The molecule has 9 nitrogen and oxygen atoms in total. The summed E-state index contributed by atoms with van der Waals surface area (Å²) in [5.41, 5.74) is 0.345. The summed E-state index contributed by atoms with van der Waals surface area (Å²) in [6, 6.07) is 8.25. The van der Waals surface area contributed by atoms with Gasteiger partial charge in [0.15, 0.2) is 5.82 Å². The first kappa shape index (κ1) is 28.4. The molecule has 0 atom stereocenters. The van der Waals surface area contributed by atoms with Crippen LogP contribution in [-0.4, -0.2) is 57.0 Å². The van der Waals surface area contributed by atoms with Gasteiger partial charge in [-0.1, -0.05) is 38.1 Å². The van der Waals surface area contributed by atoms with Crippen LogP contribution in [0.25, 0.3) is 11.1 Å². The second-order valence-electron chi connectivity index (χ2n) is 14.5. The SMILES string of the molecule is CCOc1ncc(-c2cccc(N(CC34CCC(c5nc(C(C)(C)C)no5)(CC3)CO4)C(=O)CC34CC(F)(C3)C4)c2)cn1. The number of nitrogens with zero attached hydrogens (tertiary/aromatic N) is 5. The van der Waals surface area contributed by atoms with E-state index in [0.717, 1.165) is 42.5 Å². The topological polar surface area (TPSA) is 103 Å². The van der Waals surface area contributed by atoms with E-state index in [9.17, 15) is 9.18 Å². The second kappa shape index (κ2) is 9.81. The van der Waals surface area contributed by atoms with Crippen LogP contribution in [0.1, 0.15) is 90.8 Å². The molecule has 2 saturated heterocycles. The van der Waals surface area contributed by atoms with Crippen LogP contribution in [0, 0.1) is 5.41 Å². The van der Waals surface area contributed by atoms with Gasteiger partial charge in [-0.3, -0.25) is 4.79 Å². The van der Waals surface area contributed by atoms with Crippen molar-refractivity contribution >= 4 is 11.6 Å². The molecule has 43 heavy (non-hydrogen) atoms. The molecule has 4 aliphatic carbocycles. The number of anilines is 1. The van der Waals surface area contributed by atoms with Crippen LogP contribution in [0.4, 0.5) is 10.1 Å². The lowest BCUT2D eigenvalue weighted by atomic mass is 9.41. The lowest BCUT2D eigenvalue weighted by Crippen LogP contribution is -2.66. The zero-order valence-electron chi connectivity index (χ0n) is 25.5. The third-order valence-corrected chi connectivity index (χ3v) is 10.1. The Bertz CT molecular complexity index is 1490. The quantitative estimate of drug-likeness (QED) is 0.294. The predicted molar refractivity (Wildman–Crippen MR) is 158 cm³/mol. The van der Waals surface area contributed by atoms with E-state index in [2.05, 4.69) is 35.9 Å². The largest absolute Gasteiger partial charge is 0.464 e. The van der Waals surface area contributed by atoms with Gasteiger partial charge >= 0.3 is 6.01 Å². The van der Waals surface area contributed by atoms with Crippen LogP contribution in [0.15, 0.2) is 41.2 Å². The molecule has 6 aliphatic rings. The highest BCUT2D eigenvalue weighted by atomic mass is 19.1. The van der Waals surface area contributed by atoms with Gasteiger partial charge in [0.25, 0.3) is 0 Å². The van der Waals surface area contributed by atoms with E-state index in [1.54, 1.807) is 12.4 Å². The number of benzene rings is 1. The molecular formula is C33H40FN5O4. The zero-order chi connectivity index (χ0) is 30.1. The first-order chi connectivity index (χ1) is 20.4. The molecule has 3 aromatic rings. The van der Waals surface area contributed by atoms with Crippen LogP contribution in [0.3, 0.4) is 0 Å². The lowest BCUT2D eigenvalue weighted by Gasteiger charge is -2.66. The van der Waals surface area contributed by atoms with Crippen LogP contribution in [0.2, 0.25) is 0 Å². The Hall–Kier alpha value is -3.40. The number of rotatable bonds is 9. The van der Waals surface area contributed by atoms with Crippen molar-refractivity contribution in [1.82, 2.24) is 20.1 Å². The minimum atomic E-state index is -1.04. The normalized spacial score (nSPS) is 30.8. The number of carbonyl (C=O) groups excluding carboxylic acids is 1. The van der Waals surface area contributed by atoms with E-state index in [-0.39, 0.29) is 22.2 Å². The van der Waals surface area contributed by atoms with Crippen molar-refractivity contribution in [3.63, 3.8) is 0 Å². The highest BCUT2D eigenvalue weighted by molar-refractivity contribution is 5.95. The van der Waals surface area contributed by atoms with Gasteiger partial charge in [-0.05, 0) is 75.0 Å². The Labute approximate surface area is 251 Å². The van der Waals surface area contributed by atoms with Crippen molar-refractivity contribution in [3.05, 3.63) is 48.4 Å². The number of carbonyl (C=O) groups is 1. The van der Waals surface area contributed by atoms with E-state index in [1.807, 2.05) is 36.1 Å². The van der Waals surface area contributed by atoms with Crippen molar-refractivity contribution in [3.8, 4) is 17.1 Å². The maximum Gasteiger partial charge on any atom is 0.316 e. The summed E-state index contributed by atoms with van der Waals surface area (Å²) in [6.45, 7) is 9.54. The number of alkyl halides is 1. The molecule has 4 bridgehead atoms. The van der Waals surface area contributed by atoms with Crippen LogP contribution in [0.5, 0.6) is 6.01 Å². The average molecular weight is 590 g/mol. The van der Waals surface area contributed by atoms with Gasteiger partial charge in [-0.2, -0.15) is 4.98 Å². The minimum absolute atomic E-state index is 0.0222. The molecule has 0 unspecified atom stereocenters. The number of aromatic nitrogens is 4. The van der Waals surface area contributed by atoms with Crippen molar-refractivity contribution < 1.29 is 23.2 Å². The van der Waals surface area contributed by atoms with E-state index < -0.39 is 11.3 Å². The van der Waals surface area contributed by atoms with E-state index in [1.165, 1.54) is 0 Å². The zero-order valence-corrected chi connectivity index (χ0v) is 25.5. The molecule has 4 saturated carbocycles. The molecule has 228 valence electrons. The summed E-state index contributed by atoms with van der Waals surface area (Å²) < 4.78 is 32.2. The van der Waals surface area contributed by atoms with E-state index in [4.69, 9.17) is 19.0 Å². The molecule has 4 heterocycles. The molecule has 1 aromatic carbocycles. The highest BCUT2D eigenvalue weighted by Crippen LogP contribution is 2.71. The number of hydrogen-bond donors (Lipinski definition) is 0. The first-order valence-electron chi connectivity index (χ1n) is 15.5. The fraction of sp³-hybridized carbons (Fsp3) is 0.606. The van der Waals surface area contributed by atoms with E-state index >= 15 is 0 Å². The summed E-state index contributed by atoms with van der Waals surface area (Å²) in [5.74, 6) is 1.39.